The van der Waals surface area contributed by atoms with Crippen LogP contribution in [0.15, 0.2) is 42.0 Å². The van der Waals surface area contributed by atoms with E-state index in [1.165, 1.54) is 18.4 Å². The normalized spacial score (nSPS) is 13.8. The van der Waals surface area contributed by atoms with Gasteiger partial charge in [-0.25, -0.2) is 9.97 Å². The Kier molecular flexibility index (Phi) is 6.23. The van der Waals surface area contributed by atoms with E-state index in [0.717, 1.165) is 24.9 Å². The SMILES string of the molecule is Cc1nc(Nc2ccc(Cl)cc2)cc(C(=O)NCCC2=CCCCC2)n1. The van der Waals surface area contributed by atoms with Crippen LogP contribution in [-0.4, -0.2) is 22.4 Å². The van der Waals surface area contributed by atoms with Crippen LogP contribution in [0.1, 0.15) is 48.4 Å². The quantitative estimate of drug-likeness (QED) is 0.716. The summed E-state index contributed by atoms with van der Waals surface area (Å²) in [4.78, 5) is 21.0. The molecule has 2 aromatic rings. The summed E-state index contributed by atoms with van der Waals surface area (Å²) in [7, 11) is 0. The lowest BCUT2D eigenvalue weighted by Gasteiger charge is -2.13. The van der Waals surface area contributed by atoms with Crippen molar-refractivity contribution in [1.82, 2.24) is 15.3 Å². The van der Waals surface area contributed by atoms with E-state index in [0.29, 0.717) is 28.9 Å². The number of nitrogens with one attached hydrogen (secondary N) is 2. The second kappa shape index (κ2) is 8.81. The van der Waals surface area contributed by atoms with E-state index in [-0.39, 0.29) is 5.91 Å². The smallest absolute Gasteiger partial charge is 0.270 e. The Morgan fingerprint density at radius 3 is 2.73 bits per heavy atom. The van der Waals surface area contributed by atoms with Crippen LogP contribution in [-0.2, 0) is 0 Å². The first-order valence-corrected chi connectivity index (χ1v) is 9.32. The molecule has 26 heavy (non-hydrogen) atoms. The van der Waals surface area contributed by atoms with E-state index in [9.17, 15) is 4.79 Å². The molecule has 0 bridgehead atoms. The molecule has 5 nitrogen and oxygen atoms in total. The molecule has 0 saturated carbocycles. The number of hydrogen-bond donors (Lipinski definition) is 2. The van der Waals surface area contributed by atoms with Gasteiger partial charge in [0.15, 0.2) is 0 Å². The Morgan fingerprint density at radius 2 is 2.00 bits per heavy atom. The molecule has 1 heterocycles. The van der Waals surface area contributed by atoms with Gasteiger partial charge < -0.3 is 10.6 Å². The van der Waals surface area contributed by atoms with Crippen LogP contribution >= 0.6 is 11.6 Å². The second-order valence-electron chi connectivity index (χ2n) is 6.43. The molecular formula is C20H23ClN4O. The van der Waals surface area contributed by atoms with E-state index in [4.69, 9.17) is 11.6 Å². The molecule has 3 rings (SSSR count). The maximum absolute atomic E-state index is 12.4. The molecule has 0 atom stereocenters. The number of aromatic nitrogens is 2. The molecular weight excluding hydrogens is 348 g/mol. The third-order valence-electron chi connectivity index (χ3n) is 4.30. The monoisotopic (exact) mass is 370 g/mol. The molecule has 1 aliphatic rings. The van der Waals surface area contributed by atoms with Crippen LogP contribution in [0.25, 0.3) is 0 Å². The van der Waals surface area contributed by atoms with Crippen molar-refractivity contribution in [1.29, 1.82) is 0 Å². The van der Waals surface area contributed by atoms with Crippen LogP contribution in [0.5, 0.6) is 0 Å². The fraction of sp³-hybridized carbons (Fsp3) is 0.350. The summed E-state index contributed by atoms with van der Waals surface area (Å²) in [5.74, 6) is 0.954. The Bertz CT molecular complexity index is 802. The van der Waals surface area contributed by atoms with Gasteiger partial charge in [0, 0.05) is 23.3 Å². The lowest BCUT2D eigenvalue weighted by molar-refractivity contribution is 0.0948. The first kappa shape index (κ1) is 18.4. The topological polar surface area (TPSA) is 66.9 Å². The summed E-state index contributed by atoms with van der Waals surface area (Å²) in [6, 6.07) is 8.97. The molecule has 0 aliphatic heterocycles. The molecule has 0 radical (unpaired) electrons. The van der Waals surface area contributed by atoms with Crippen molar-refractivity contribution in [2.75, 3.05) is 11.9 Å². The van der Waals surface area contributed by atoms with Crippen LogP contribution in [0.4, 0.5) is 11.5 Å². The van der Waals surface area contributed by atoms with Gasteiger partial charge in [0.25, 0.3) is 5.91 Å². The lowest BCUT2D eigenvalue weighted by atomic mass is 9.97. The van der Waals surface area contributed by atoms with Gasteiger partial charge in [-0.2, -0.15) is 0 Å². The van der Waals surface area contributed by atoms with Crippen LogP contribution in [0, 0.1) is 6.92 Å². The maximum Gasteiger partial charge on any atom is 0.270 e. The average Bonchev–Trinajstić information content (AvgIpc) is 2.64. The number of carbonyl (C=O) groups is 1. The number of hydrogen-bond acceptors (Lipinski definition) is 4. The first-order valence-electron chi connectivity index (χ1n) is 8.94. The fourth-order valence-corrected chi connectivity index (χ4v) is 3.11. The Balaban J connectivity index is 1.61. The molecule has 1 amide bonds. The summed E-state index contributed by atoms with van der Waals surface area (Å²) >= 11 is 5.90. The zero-order valence-corrected chi connectivity index (χ0v) is 15.6. The van der Waals surface area contributed by atoms with Gasteiger partial charge in [-0.3, -0.25) is 4.79 Å². The number of allylic oxidation sites excluding steroid dienone is 1. The highest BCUT2D eigenvalue weighted by Gasteiger charge is 2.11. The van der Waals surface area contributed by atoms with Gasteiger partial charge in [0.05, 0.1) is 0 Å². The van der Waals surface area contributed by atoms with Crippen LogP contribution in [0.2, 0.25) is 5.02 Å². The minimum atomic E-state index is -0.175. The van der Waals surface area contributed by atoms with Crippen LogP contribution in [0.3, 0.4) is 0 Å². The Morgan fingerprint density at radius 1 is 1.19 bits per heavy atom. The summed E-state index contributed by atoms with van der Waals surface area (Å²) < 4.78 is 0. The van der Waals surface area contributed by atoms with Crippen molar-refractivity contribution in [3.8, 4) is 0 Å². The molecule has 136 valence electrons. The van der Waals surface area contributed by atoms with Crippen molar-refractivity contribution in [2.24, 2.45) is 0 Å². The van der Waals surface area contributed by atoms with Gasteiger partial charge in [-0.15, -0.1) is 0 Å². The summed E-state index contributed by atoms with van der Waals surface area (Å²) in [6.07, 6.45) is 8.06. The Labute approximate surface area is 158 Å². The number of anilines is 2. The zero-order valence-electron chi connectivity index (χ0n) is 14.9. The number of benzene rings is 1. The van der Waals surface area contributed by atoms with Gasteiger partial charge in [-0.05, 0) is 63.3 Å². The molecule has 0 fully saturated rings. The largest absolute Gasteiger partial charge is 0.350 e. The van der Waals surface area contributed by atoms with E-state index in [1.807, 2.05) is 12.1 Å². The van der Waals surface area contributed by atoms with Crippen molar-refractivity contribution in [3.05, 3.63) is 58.5 Å². The Hall–Kier alpha value is -2.40. The van der Waals surface area contributed by atoms with Gasteiger partial charge >= 0.3 is 0 Å². The minimum absolute atomic E-state index is 0.175. The van der Waals surface area contributed by atoms with E-state index < -0.39 is 0 Å². The molecule has 0 unspecified atom stereocenters. The predicted molar refractivity (Wildman–Crippen MR) is 105 cm³/mol. The van der Waals surface area contributed by atoms with Gasteiger partial charge in [-0.1, -0.05) is 23.3 Å². The second-order valence-corrected chi connectivity index (χ2v) is 6.87. The third-order valence-corrected chi connectivity index (χ3v) is 4.56. The molecule has 0 spiro atoms. The predicted octanol–water partition coefficient (Wildman–Crippen LogP) is 4.80. The average molecular weight is 371 g/mol. The van der Waals surface area contributed by atoms with E-state index in [2.05, 4.69) is 26.7 Å². The lowest BCUT2D eigenvalue weighted by Crippen LogP contribution is -2.26. The minimum Gasteiger partial charge on any atom is -0.350 e. The van der Waals surface area contributed by atoms with Crippen molar-refractivity contribution < 1.29 is 4.79 Å². The fourth-order valence-electron chi connectivity index (χ4n) is 2.99. The first-order chi connectivity index (χ1) is 12.6. The molecule has 2 N–H and O–H groups in total. The number of amides is 1. The third kappa shape index (κ3) is 5.30. The standard InChI is InChI=1S/C20H23ClN4O/c1-14-23-18(20(26)22-12-11-15-5-3-2-4-6-15)13-19(24-14)25-17-9-7-16(21)8-10-17/h5,7-10,13H,2-4,6,11-12H2,1H3,(H,22,26)(H,23,24,25). The number of carbonyl (C=O) groups excluding carboxylic acids is 1. The number of nitrogens with zero attached hydrogens (tertiary/aromatic N) is 2. The van der Waals surface area contributed by atoms with Gasteiger partial charge in [0.1, 0.15) is 17.3 Å². The number of rotatable bonds is 6. The zero-order chi connectivity index (χ0) is 18.4. The van der Waals surface area contributed by atoms with E-state index >= 15 is 0 Å². The highest BCUT2D eigenvalue weighted by molar-refractivity contribution is 6.30. The molecule has 1 aromatic heterocycles. The van der Waals surface area contributed by atoms with Crippen molar-refractivity contribution in [3.63, 3.8) is 0 Å². The molecule has 6 heteroatoms. The van der Waals surface area contributed by atoms with Crippen LogP contribution < -0.4 is 10.6 Å². The maximum atomic E-state index is 12.4. The summed E-state index contributed by atoms with van der Waals surface area (Å²) in [5, 5.41) is 6.80. The number of halogens is 1. The highest BCUT2D eigenvalue weighted by Crippen LogP contribution is 2.20. The summed E-state index contributed by atoms with van der Waals surface area (Å²) in [6.45, 7) is 2.41. The highest BCUT2D eigenvalue weighted by atomic mass is 35.5. The molecule has 0 saturated heterocycles. The van der Waals surface area contributed by atoms with E-state index in [1.54, 1.807) is 25.1 Å². The molecule has 1 aliphatic carbocycles. The van der Waals surface area contributed by atoms with Crippen molar-refractivity contribution >= 4 is 29.0 Å². The molecule has 1 aromatic carbocycles. The number of aryl methyl sites for hydroxylation is 1. The van der Waals surface area contributed by atoms with Gasteiger partial charge in [0.2, 0.25) is 0 Å². The summed E-state index contributed by atoms with van der Waals surface area (Å²) in [5.41, 5.74) is 2.66. The van der Waals surface area contributed by atoms with Crippen molar-refractivity contribution in [2.45, 2.75) is 39.0 Å².